The van der Waals surface area contributed by atoms with Gasteiger partial charge >= 0.3 is 0 Å². The van der Waals surface area contributed by atoms with Crippen LogP contribution in [-0.2, 0) is 6.42 Å². The number of nitrogens with one attached hydrogen (secondary N) is 1. The van der Waals surface area contributed by atoms with Crippen LogP contribution in [0.25, 0.3) is 26.8 Å². The summed E-state index contributed by atoms with van der Waals surface area (Å²) in [5.41, 5.74) is 4.10. The summed E-state index contributed by atoms with van der Waals surface area (Å²) in [6.45, 7) is 4.15. The van der Waals surface area contributed by atoms with E-state index in [-0.39, 0.29) is 5.56 Å². The molecule has 0 fully saturated rings. The first-order valence-corrected chi connectivity index (χ1v) is 8.13. The summed E-state index contributed by atoms with van der Waals surface area (Å²) in [6.07, 6.45) is 2.63. The molecule has 0 amide bonds. The van der Waals surface area contributed by atoms with E-state index in [1.165, 1.54) is 5.56 Å². The summed E-state index contributed by atoms with van der Waals surface area (Å²) in [7, 11) is 0. The largest absolute Gasteiger partial charge is 0.289 e. The van der Waals surface area contributed by atoms with Gasteiger partial charge in [0.15, 0.2) is 0 Å². The summed E-state index contributed by atoms with van der Waals surface area (Å²) in [5.74, 6) is 0. The van der Waals surface area contributed by atoms with Gasteiger partial charge in [0, 0.05) is 11.6 Å². The number of rotatable bonds is 2. The van der Waals surface area contributed by atoms with Gasteiger partial charge in [0.1, 0.15) is 5.00 Å². The Hall–Kier alpha value is -2.40. The van der Waals surface area contributed by atoms with E-state index in [0.29, 0.717) is 5.39 Å². The smallest absolute Gasteiger partial charge is 0.281 e. The molecule has 0 aliphatic rings. The number of benzene rings is 1. The Balaban J connectivity index is 2.03. The molecular formula is C17H15N3OS. The van der Waals surface area contributed by atoms with Gasteiger partial charge in [0.25, 0.3) is 5.56 Å². The first kappa shape index (κ1) is 13.3. The van der Waals surface area contributed by atoms with E-state index in [9.17, 15) is 4.79 Å². The molecule has 0 bridgehead atoms. The van der Waals surface area contributed by atoms with Gasteiger partial charge in [-0.1, -0.05) is 19.1 Å². The third-order valence-corrected chi connectivity index (χ3v) is 4.91. The number of aromatic nitrogens is 3. The topological polar surface area (TPSA) is 50.7 Å². The number of hydrogen-bond acceptors (Lipinski definition) is 3. The van der Waals surface area contributed by atoms with Crippen LogP contribution in [0, 0.1) is 6.92 Å². The molecule has 0 radical (unpaired) electrons. The molecule has 0 saturated heterocycles. The van der Waals surface area contributed by atoms with Crippen molar-refractivity contribution in [2.24, 2.45) is 0 Å². The summed E-state index contributed by atoms with van der Waals surface area (Å²) in [6, 6.07) is 8.15. The molecule has 1 N–H and O–H groups in total. The van der Waals surface area contributed by atoms with Gasteiger partial charge in [-0.05, 0) is 42.0 Å². The van der Waals surface area contributed by atoms with Crippen LogP contribution in [0.15, 0.2) is 40.6 Å². The average molecular weight is 309 g/mol. The van der Waals surface area contributed by atoms with Crippen molar-refractivity contribution in [3.8, 4) is 5.00 Å². The molecule has 3 aromatic heterocycles. The van der Waals surface area contributed by atoms with Crippen molar-refractivity contribution in [2.75, 3.05) is 0 Å². The molecule has 3 heterocycles. The highest BCUT2D eigenvalue weighted by Crippen LogP contribution is 2.23. The van der Waals surface area contributed by atoms with E-state index >= 15 is 0 Å². The van der Waals surface area contributed by atoms with Gasteiger partial charge < -0.3 is 0 Å². The molecule has 0 atom stereocenters. The molecule has 1 aromatic carbocycles. The molecule has 22 heavy (non-hydrogen) atoms. The Kier molecular flexibility index (Phi) is 2.90. The van der Waals surface area contributed by atoms with Gasteiger partial charge in [-0.15, -0.1) is 11.3 Å². The fraction of sp³-hybridized carbons (Fsp3) is 0.176. The lowest BCUT2D eigenvalue weighted by Gasteiger charge is -1.99. The van der Waals surface area contributed by atoms with Gasteiger partial charge in [0.2, 0.25) is 0 Å². The van der Waals surface area contributed by atoms with Gasteiger partial charge in [-0.2, -0.15) is 0 Å². The predicted octanol–water partition coefficient (Wildman–Crippen LogP) is 3.80. The second kappa shape index (κ2) is 4.81. The predicted molar refractivity (Wildman–Crippen MR) is 91.2 cm³/mol. The number of thiophene rings is 1. The van der Waals surface area contributed by atoms with Crippen molar-refractivity contribution in [3.05, 3.63) is 57.3 Å². The van der Waals surface area contributed by atoms with Crippen molar-refractivity contribution in [1.29, 1.82) is 0 Å². The van der Waals surface area contributed by atoms with Crippen LogP contribution in [0.3, 0.4) is 0 Å². The molecule has 4 nitrogen and oxygen atoms in total. The van der Waals surface area contributed by atoms with Crippen LogP contribution in [0.1, 0.15) is 18.1 Å². The van der Waals surface area contributed by atoms with Crippen LogP contribution in [0.5, 0.6) is 0 Å². The number of aromatic amines is 1. The quantitative estimate of drug-likeness (QED) is 0.612. The molecule has 0 spiro atoms. The number of aryl methyl sites for hydroxylation is 2. The third-order valence-electron chi connectivity index (χ3n) is 3.95. The first-order valence-electron chi connectivity index (χ1n) is 7.25. The highest BCUT2D eigenvalue weighted by Gasteiger charge is 2.13. The second-order valence-electron chi connectivity index (χ2n) is 5.47. The number of nitrogens with zero attached hydrogens (tertiary/aromatic N) is 2. The second-order valence-corrected chi connectivity index (χ2v) is 6.36. The Morgan fingerprint density at radius 2 is 2.14 bits per heavy atom. The van der Waals surface area contributed by atoms with E-state index in [1.807, 2.05) is 25.1 Å². The van der Waals surface area contributed by atoms with Gasteiger partial charge in [-0.3, -0.25) is 14.9 Å². The van der Waals surface area contributed by atoms with E-state index in [2.05, 4.69) is 28.5 Å². The molecule has 4 rings (SSSR count). The maximum atomic E-state index is 12.6. The maximum absolute atomic E-state index is 12.6. The SMILES string of the molecule is CCc1csc(-n2[nH]c3c(cnc4cc(C)ccc43)c2=O)c1. The van der Waals surface area contributed by atoms with Crippen molar-refractivity contribution in [2.45, 2.75) is 20.3 Å². The number of hydrogen-bond donors (Lipinski definition) is 1. The zero-order valence-corrected chi connectivity index (χ0v) is 13.2. The van der Waals surface area contributed by atoms with Crippen LogP contribution in [0.4, 0.5) is 0 Å². The van der Waals surface area contributed by atoms with Crippen molar-refractivity contribution in [3.63, 3.8) is 0 Å². The molecular weight excluding hydrogens is 294 g/mol. The van der Waals surface area contributed by atoms with Gasteiger partial charge in [0.05, 0.1) is 16.4 Å². The van der Waals surface area contributed by atoms with E-state index < -0.39 is 0 Å². The Labute approximate surface area is 131 Å². The molecule has 0 aliphatic heterocycles. The minimum absolute atomic E-state index is 0.0468. The zero-order chi connectivity index (χ0) is 15.3. The lowest BCUT2D eigenvalue weighted by atomic mass is 10.1. The monoisotopic (exact) mass is 309 g/mol. The van der Waals surface area contributed by atoms with Crippen LogP contribution in [-0.4, -0.2) is 14.8 Å². The standard InChI is InChI=1S/C17H15N3OS/c1-3-11-7-15(22-9-11)20-17(21)13-8-18-14-6-10(2)4-5-12(14)16(13)19-20/h4-9,19H,3H2,1-2H3. The fourth-order valence-corrected chi connectivity index (χ4v) is 3.65. The van der Waals surface area contributed by atoms with Crippen LogP contribution in [0.2, 0.25) is 0 Å². The highest BCUT2D eigenvalue weighted by atomic mass is 32.1. The highest BCUT2D eigenvalue weighted by molar-refractivity contribution is 7.12. The van der Waals surface area contributed by atoms with E-state index in [0.717, 1.165) is 33.4 Å². The van der Waals surface area contributed by atoms with Crippen LogP contribution < -0.4 is 5.56 Å². The minimum atomic E-state index is -0.0468. The Bertz CT molecular complexity index is 1050. The summed E-state index contributed by atoms with van der Waals surface area (Å²) in [4.78, 5) is 17.1. The summed E-state index contributed by atoms with van der Waals surface area (Å²) >= 11 is 1.58. The number of H-pyrrole nitrogens is 1. The lowest BCUT2D eigenvalue weighted by molar-refractivity contribution is 0.880. The van der Waals surface area contributed by atoms with E-state index in [1.54, 1.807) is 22.2 Å². The third kappa shape index (κ3) is 1.89. The van der Waals surface area contributed by atoms with Crippen LogP contribution >= 0.6 is 11.3 Å². The Morgan fingerprint density at radius 1 is 1.27 bits per heavy atom. The lowest BCUT2D eigenvalue weighted by Crippen LogP contribution is -2.12. The first-order chi connectivity index (χ1) is 10.7. The maximum Gasteiger partial charge on any atom is 0.281 e. The molecule has 0 saturated carbocycles. The molecule has 0 unspecified atom stereocenters. The summed E-state index contributed by atoms with van der Waals surface area (Å²) in [5, 5.41) is 7.87. The van der Waals surface area contributed by atoms with Crippen molar-refractivity contribution < 1.29 is 0 Å². The Morgan fingerprint density at radius 3 is 2.91 bits per heavy atom. The normalized spacial score (nSPS) is 11.5. The minimum Gasteiger partial charge on any atom is -0.289 e. The molecule has 110 valence electrons. The number of fused-ring (bicyclic) bond motifs is 3. The van der Waals surface area contributed by atoms with Crippen molar-refractivity contribution >= 4 is 33.1 Å². The van der Waals surface area contributed by atoms with Crippen molar-refractivity contribution in [1.82, 2.24) is 14.8 Å². The molecule has 0 aliphatic carbocycles. The summed E-state index contributed by atoms with van der Waals surface area (Å²) < 4.78 is 1.62. The van der Waals surface area contributed by atoms with Gasteiger partial charge in [-0.25, -0.2) is 4.68 Å². The fourth-order valence-electron chi connectivity index (χ4n) is 2.69. The molecule has 5 heteroatoms. The number of pyridine rings is 1. The van der Waals surface area contributed by atoms with E-state index in [4.69, 9.17) is 0 Å². The molecule has 4 aromatic rings. The zero-order valence-electron chi connectivity index (χ0n) is 12.4. The average Bonchev–Trinajstić information content (AvgIpc) is 3.11.